The summed E-state index contributed by atoms with van der Waals surface area (Å²) < 4.78 is 4.63. The molecule has 0 saturated heterocycles. The van der Waals surface area contributed by atoms with Crippen molar-refractivity contribution in [1.82, 2.24) is 4.90 Å². The molecule has 2 aliphatic heterocycles. The highest BCUT2D eigenvalue weighted by atomic mass is 79.9. The van der Waals surface area contributed by atoms with Crippen LogP contribution in [0.15, 0.2) is 22.8 Å². The van der Waals surface area contributed by atoms with Gasteiger partial charge in [-0.2, -0.15) is 0 Å². The van der Waals surface area contributed by atoms with Crippen LogP contribution in [0.3, 0.4) is 0 Å². The maximum atomic E-state index is 11.1. The Balaban J connectivity index is 0.00000112. The third kappa shape index (κ3) is 3.01. The lowest BCUT2D eigenvalue weighted by atomic mass is 10.1. The number of hydrogen-bond donors (Lipinski definition) is 0. The number of allylic oxidation sites excluding steroid dienone is 1. The summed E-state index contributed by atoms with van der Waals surface area (Å²) in [5.74, 6) is 1.01. The molecule has 0 aliphatic carbocycles. The Morgan fingerprint density at radius 2 is 2.47 bits per heavy atom. The van der Waals surface area contributed by atoms with Gasteiger partial charge in [0.05, 0.1) is 7.11 Å². The highest BCUT2D eigenvalue weighted by Gasteiger charge is 2.20. The largest absolute Gasteiger partial charge is 0.468 e. The van der Waals surface area contributed by atoms with Crippen molar-refractivity contribution in [3.05, 3.63) is 22.8 Å². The van der Waals surface area contributed by atoms with Gasteiger partial charge in [0.1, 0.15) is 6.54 Å². The van der Waals surface area contributed by atoms with Crippen molar-refractivity contribution in [2.45, 2.75) is 6.42 Å². The van der Waals surface area contributed by atoms with Crippen molar-refractivity contribution in [3.8, 4) is 0 Å². The van der Waals surface area contributed by atoms with Gasteiger partial charge in [0, 0.05) is 23.4 Å². The van der Waals surface area contributed by atoms with Crippen molar-refractivity contribution in [3.63, 3.8) is 0 Å². The van der Waals surface area contributed by atoms with E-state index in [0.29, 0.717) is 6.54 Å². The number of carbonyl (C=O) groups excluding carboxylic acids is 1. The quantitative estimate of drug-likeness (QED) is 0.728. The number of ether oxygens (including phenoxy) is 1. The van der Waals surface area contributed by atoms with E-state index in [1.54, 1.807) is 0 Å². The summed E-state index contributed by atoms with van der Waals surface area (Å²) in [4.78, 5) is 14.4. The fourth-order valence-corrected chi connectivity index (χ4v) is 2.74. The first-order valence-corrected chi connectivity index (χ1v) is 5.62. The Hall–Kier alpha value is -0.420. The number of esters is 1. The van der Waals surface area contributed by atoms with Crippen molar-refractivity contribution in [2.75, 3.05) is 26.0 Å². The van der Waals surface area contributed by atoms with Gasteiger partial charge in [-0.3, -0.25) is 4.79 Å². The number of rotatable bonds is 2. The Bertz CT molecular complexity index is 315. The lowest BCUT2D eigenvalue weighted by molar-refractivity contribution is -0.141. The Morgan fingerprint density at radius 1 is 1.67 bits per heavy atom. The first-order valence-electron chi connectivity index (χ1n) is 4.63. The van der Waals surface area contributed by atoms with Crippen LogP contribution in [0.25, 0.3) is 0 Å². The normalized spacial score (nSPS) is 18.6. The molecule has 2 aliphatic rings. The molecule has 0 aromatic heterocycles. The van der Waals surface area contributed by atoms with E-state index in [-0.39, 0.29) is 23.0 Å². The second kappa shape index (κ2) is 5.61. The third-order valence-electron chi connectivity index (χ3n) is 2.40. The van der Waals surface area contributed by atoms with Crippen molar-refractivity contribution in [1.29, 1.82) is 0 Å². The lowest BCUT2D eigenvalue weighted by Gasteiger charge is -2.23. The van der Waals surface area contributed by atoms with E-state index in [0.717, 1.165) is 13.0 Å². The highest BCUT2D eigenvalue weighted by molar-refractivity contribution is 8.93. The Kier molecular flexibility index (Phi) is 4.73. The van der Waals surface area contributed by atoms with Crippen LogP contribution in [-0.4, -0.2) is 36.8 Å². The van der Waals surface area contributed by atoms with Gasteiger partial charge in [-0.05, 0) is 18.1 Å². The summed E-state index contributed by atoms with van der Waals surface area (Å²) in [5, 5.41) is 0. The van der Waals surface area contributed by atoms with E-state index >= 15 is 0 Å². The molecule has 0 saturated carbocycles. The molecule has 0 amide bonds. The average molecular weight is 292 g/mol. The van der Waals surface area contributed by atoms with Crippen LogP contribution in [0.5, 0.6) is 0 Å². The smallest absolute Gasteiger partial charge is 0.325 e. The topological polar surface area (TPSA) is 29.5 Å². The van der Waals surface area contributed by atoms with Gasteiger partial charge in [-0.25, -0.2) is 0 Å². The molecule has 84 valence electrons. The van der Waals surface area contributed by atoms with Crippen LogP contribution in [0.1, 0.15) is 6.42 Å². The van der Waals surface area contributed by atoms with E-state index in [1.807, 2.05) is 22.9 Å². The molecule has 2 heterocycles. The summed E-state index contributed by atoms with van der Waals surface area (Å²) in [6.07, 6.45) is 5.23. The third-order valence-corrected chi connectivity index (χ3v) is 3.54. The average Bonchev–Trinajstić information content (AvgIpc) is 2.64. The maximum Gasteiger partial charge on any atom is 0.325 e. The summed E-state index contributed by atoms with van der Waals surface area (Å²) in [6.45, 7) is 1.24. The molecule has 0 aromatic rings. The number of carbonyl (C=O) groups is 1. The first kappa shape index (κ1) is 12.6. The van der Waals surface area contributed by atoms with Gasteiger partial charge in [-0.15, -0.1) is 28.7 Å². The zero-order valence-corrected chi connectivity index (χ0v) is 11.1. The summed E-state index contributed by atoms with van der Waals surface area (Å²) in [5.41, 5.74) is 1.46. The summed E-state index contributed by atoms with van der Waals surface area (Å²) >= 11 is 1.90. The maximum absolute atomic E-state index is 11.1. The summed E-state index contributed by atoms with van der Waals surface area (Å²) in [7, 11) is 1.42. The Morgan fingerprint density at radius 3 is 3.20 bits per heavy atom. The number of halogens is 1. The van der Waals surface area contributed by atoms with E-state index < -0.39 is 0 Å². The van der Waals surface area contributed by atoms with E-state index in [1.165, 1.54) is 23.3 Å². The predicted molar refractivity (Wildman–Crippen MR) is 67.2 cm³/mol. The van der Waals surface area contributed by atoms with Crippen molar-refractivity contribution in [2.24, 2.45) is 0 Å². The number of nitrogens with zero attached hydrogens (tertiary/aromatic N) is 1. The number of hydrogen-bond acceptors (Lipinski definition) is 4. The van der Waals surface area contributed by atoms with E-state index in [9.17, 15) is 4.79 Å². The van der Waals surface area contributed by atoms with Crippen LogP contribution in [-0.2, 0) is 9.53 Å². The second-order valence-electron chi connectivity index (χ2n) is 3.36. The Labute approximate surface area is 104 Å². The fraction of sp³-hybridized carbons (Fsp3) is 0.500. The molecule has 2 rings (SSSR count). The van der Waals surface area contributed by atoms with Gasteiger partial charge in [0.2, 0.25) is 0 Å². The second-order valence-corrected chi connectivity index (χ2v) is 4.50. The standard InChI is InChI=1S/C10H13NO2S.BrH/c1-13-10(12)7-11-4-2-9-8(6-11)3-5-14-9;/h2,4H,3,5-7H2,1H3;1H. The molecular weight excluding hydrogens is 278 g/mol. The van der Waals surface area contributed by atoms with Gasteiger partial charge in [0.25, 0.3) is 0 Å². The molecule has 0 atom stereocenters. The molecule has 0 radical (unpaired) electrons. The van der Waals surface area contributed by atoms with Crippen LogP contribution < -0.4 is 0 Å². The molecule has 15 heavy (non-hydrogen) atoms. The molecule has 0 aromatic carbocycles. The molecule has 0 bridgehead atoms. The van der Waals surface area contributed by atoms with E-state index in [2.05, 4.69) is 10.8 Å². The number of methoxy groups -OCH3 is 1. The zero-order valence-electron chi connectivity index (χ0n) is 8.56. The lowest BCUT2D eigenvalue weighted by Crippen LogP contribution is -2.29. The van der Waals surface area contributed by atoms with Gasteiger partial charge in [-0.1, -0.05) is 0 Å². The van der Waals surface area contributed by atoms with Crippen LogP contribution in [0, 0.1) is 0 Å². The minimum absolute atomic E-state index is 0. The molecule has 0 unspecified atom stereocenters. The van der Waals surface area contributed by atoms with Crippen molar-refractivity contribution >= 4 is 34.7 Å². The fourth-order valence-electron chi connectivity index (χ4n) is 1.64. The molecule has 0 fully saturated rings. The van der Waals surface area contributed by atoms with Crippen LogP contribution in [0.4, 0.5) is 0 Å². The molecule has 0 N–H and O–H groups in total. The molecule has 5 heteroatoms. The summed E-state index contributed by atoms with van der Waals surface area (Å²) in [6, 6.07) is 0. The number of thioether (sulfide) groups is 1. The molecule has 3 nitrogen and oxygen atoms in total. The minimum atomic E-state index is -0.177. The molecule has 0 spiro atoms. The van der Waals surface area contributed by atoms with Crippen LogP contribution in [0.2, 0.25) is 0 Å². The SMILES string of the molecule is Br.COC(=O)CN1C=CC2=C(CCS2)C1. The predicted octanol–water partition coefficient (Wildman–Crippen LogP) is 1.96. The zero-order chi connectivity index (χ0) is 9.97. The van der Waals surface area contributed by atoms with Crippen molar-refractivity contribution < 1.29 is 9.53 Å². The van der Waals surface area contributed by atoms with Gasteiger partial charge < -0.3 is 9.64 Å². The van der Waals surface area contributed by atoms with Gasteiger partial charge >= 0.3 is 5.97 Å². The van der Waals surface area contributed by atoms with Gasteiger partial charge in [0.15, 0.2) is 0 Å². The highest BCUT2D eigenvalue weighted by Crippen LogP contribution is 2.34. The van der Waals surface area contributed by atoms with Crippen LogP contribution >= 0.6 is 28.7 Å². The molecular formula is C10H14BrNO2S. The first-order chi connectivity index (χ1) is 6.79. The van der Waals surface area contributed by atoms with E-state index in [4.69, 9.17) is 0 Å². The minimum Gasteiger partial charge on any atom is -0.468 e. The monoisotopic (exact) mass is 291 g/mol.